The lowest BCUT2D eigenvalue weighted by Crippen LogP contribution is -2.41. The van der Waals surface area contributed by atoms with Crippen LogP contribution in [-0.2, 0) is 15.8 Å². The van der Waals surface area contributed by atoms with Crippen LogP contribution < -0.4 is 5.73 Å². The van der Waals surface area contributed by atoms with Gasteiger partial charge in [-0.25, -0.2) is 12.7 Å². The third-order valence-corrected chi connectivity index (χ3v) is 5.77. The Balaban J connectivity index is 2.20. The van der Waals surface area contributed by atoms with Crippen molar-refractivity contribution in [3.05, 3.63) is 35.4 Å². The first-order valence-electron chi connectivity index (χ1n) is 6.90. The number of aliphatic hydroxyl groups excluding tert-OH is 1. The summed E-state index contributed by atoms with van der Waals surface area (Å²) in [4.78, 5) is 0.202. The van der Waals surface area contributed by atoms with Crippen molar-refractivity contribution < 1.29 is 13.5 Å². The minimum atomic E-state index is -3.43. The molecule has 0 spiro atoms. The highest BCUT2D eigenvalue weighted by molar-refractivity contribution is 7.88. The molecule has 0 aromatic heterocycles. The van der Waals surface area contributed by atoms with Gasteiger partial charge >= 0.3 is 0 Å². The van der Waals surface area contributed by atoms with Crippen molar-refractivity contribution >= 4 is 27.2 Å². The number of benzene rings is 1. The van der Waals surface area contributed by atoms with E-state index in [0.29, 0.717) is 24.2 Å². The van der Waals surface area contributed by atoms with Crippen LogP contribution in [0.15, 0.2) is 24.3 Å². The van der Waals surface area contributed by atoms with E-state index >= 15 is 0 Å². The van der Waals surface area contributed by atoms with E-state index in [-0.39, 0.29) is 23.3 Å². The Morgan fingerprint density at radius 3 is 2.81 bits per heavy atom. The molecule has 1 heterocycles. The molecule has 21 heavy (non-hydrogen) atoms. The van der Waals surface area contributed by atoms with E-state index in [1.807, 2.05) is 0 Å². The summed E-state index contributed by atoms with van der Waals surface area (Å²) in [5, 5.41) is 9.23. The monoisotopic (exact) mass is 328 g/mol. The maximum Gasteiger partial charge on any atom is 0.218 e. The number of piperidine rings is 1. The molecule has 3 N–H and O–H groups in total. The largest absolute Gasteiger partial charge is 0.396 e. The molecule has 0 saturated carbocycles. The zero-order valence-electron chi connectivity index (χ0n) is 11.7. The third kappa shape index (κ3) is 4.00. The van der Waals surface area contributed by atoms with E-state index in [2.05, 4.69) is 0 Å². The molecule has 1 saturated heterocycles. The molecular formula is C14H20N2O3S2. The van der Waals surface area contributed by atoms with Crippen molar-refractivity contribution in [3.8, 4) is 0 Å². The Hall–Kier alpha value is -1.02. The molecule has 0 radical (unpaired) electrons. The minimum Gasteiger partial charge on any atom is -0.396 e. The number of hydrogen-bond acceptors (Lipinski definition) is 4. The molecule has 1 aliphatic rings. The lowest BCUT2D eigenvalue weighted by Gasteiger charge is -2.31. The average molecular weight is 328 g/mol. The number of aliphatic hydroxyl groups is 1. The van der Waals surface area contributed by atoms with Gasteiger partial charge in [0, 0.05) is 25.3 Å². The van der Waals surface area contributed by atoms with Crippen LogP contribution in [0.5, 0.6) is 0 Å². The average Bonchev–Trinajstić information content (AvgIpc) is 2.47. The predicted octanol–water partition coefficient (Wildman–Crippen LogP) is 0.855. The van der Waals surface area contributed by atoms with E-state index < -0.39 is 10.0 Å². The SMILES string of the molecule is NC(=S)c1ccccc1CS(=O)(=O)N1CCCC(CO)C1. The van der Waals surface area contributed by atoms with Crippen molar-refractivity contribution in [2.24, 2.45) is 11.7 Å². The second-order valence-corrected chi connectivity index (χ2v) is 7.74. The Kier molecular flexibility index (Phi) is 5.32. The van der Waals surface area contributed by atoms with Gasteiger partial charge in [0.1, 0.15) is 4.99 Å². The van der Waals surface area contributed by atoms with E-state index in [9.17, 15) is 13.5 Å². The van der Waals surface area contributed by atoms with Gasteiger partial charge in [0.15, 0.2) is 0 Å². The summed E-state index contributed by atoms with van der Waals surface area (Å²) in [5.74, 6) is -0.0853. The third-order valence-electron chi connectivity index (χ3n) is 3.75. The molecule has 1 unspecified atom stereocenters. The first-order chi connectivity index (χ1) is 9.94. The van der Waals surface area contributed by atoms with Crippen molar-refractivity contribution in [1.29, 1.82) is 0 Å². The fourth-order valence-electron chi connectivity index (χ4n) is 2.60. The number of hydrogen-bond donors (Lipinski definition) is 2. The maximum absolute atomic E-state index is 12.6. The van der Waals surface area contributed by atoms with E-state index in [1.54, 1.807) is 24.3 Å². The van der Waals surface area contributed by atoms with Crippen LogP contribution in [0.25, 0.3) is 0 Å². The van der Waals surface area contributed by atoms with Crippen LogP contribution in [0.4, 0.5) is 0 Å². The Morgan fingerprint density at radius 1 is 1.43 bits per heavy atom. The van der Waals surface area contributed by atoms with Gasteiger partial charge in [-0.15, -0.1) is 0 Å². The van der Waals surface area contributed by atoms with Gasteiger partial charge in [0.2, 0.25) is 10.0 Å². The van der Waals surface area contributed by atoms with Crippen LogP contribution in [0.2, 0.25) is 0 Å². The first kappa shape index (κ1) is 16.4. The molecule has 7 heteroatoms. The van der Waals surface area contributed by atoms with Crippen LogP contribution in [0.3, 0.4) is 0 Å². The molecule has 1 fully saturated rings. The fourth-order valence-corrected chi connectivity index (χ4v) is 4.47. The van der Waals surface area contributed by atoms with Crippen LogP contribution in [-0.4, -0.2) is 42.5 Å². The first-order valence-corrected chi connectivity index (χ1v) is 8.92. The normalized spacial score (nSPS) is 20.3. The topological polar surface area (TPSA) is 83.6 Å². The lowest BCUT2D eigenvalue weighted by atomic mass is 10.0. The molecular weight excluding hydrogens is 308 g/mol. The zero-order chi connectivity index (χ0) is 15.5. The molecule has 1 aromatic carbocycles. The van der Waals surface area contributed by atoms with E-state index in [4.69, 9.17) is 18.0 Å². The molecule has 116 valence electrons. The summed E-state index contributed by atoms with van der Waals surface area (Å²) in [6, 6.07) is 7.03. The maximum atomic E-state index is 12.6. The molecule has 0 amide bonds. The minimum absolute atomic E-state index is 0.0233. The fraction of sp³-hybridized carbons (Fsp3) is 0.500. The molecule has 2 rings (SSSR count). The smallest absolute Gasteiger partial charge is 0.218 e. The van der Waals surface area contributed by atoms with Gasteiger partial charge in [0.25, 0.3) is 0 Å². The zero-order valence-corrected chi connectivity index (χ0v) is 13.4. The number of sulfonamides is 1. The van der Waals surface area contributed by atoms with Crippen molar-refractivity contribution in [1.82, 2.24) is 4.31 Å². The number of nitrogens with zero attached hydrogens (tertiary/aromatic N) is 1. The molecule has 1 atom stereocenters. The summed E-state index contributed by atoms with van der Waals surface area (Å²) in [7, 11) is -3.43. The number of thiocarbonyl (C=S) groups is 1. The summed E-state index contributed by atoms with van der Waals surface area (Å²) in [6.45, 7) is 0.914. The highest BCUT2D eigenvalue weighted by atomic mass is 32.2. The van der Waals surface area contributed by atoms with Gasteiger partial charge < -0.3 is 10.8 Å². The second kappa shape index (κ2) is 6.83. The Bertz CT molecular complexity index is 616. The molecule has 0 bridgehead atoms. The molecule has 1 aromatic rings. The van der Waals surface area contributed by atoms with Gasteiger partial charge in [-0.2, -0.15) is 0 Å². The van der Waals surface area contributed by atoms with Crippen LogP contribution in [0, 0.1) is 5.92 Å². The second-order valence-electron chi connectivity index (χ2n) is 5.33. The van der Waals surface area contributed by atoms with Crippen molar-refractivity contribution in [2.75, 3.05) is 19.7 Å². The van der Waals surface area contributed by atoms with Gasteiger partial charge in [-0.05, 0) is 24.3 Å². The van der Waals surface area contributed by atoms with Crippen LogP contribution in [0.1, 0.15) is 24.0 Å². The quantitative estimate of drug-likeness (QED) is 0.783. The molecule has 1 aliphatic heterocycles. The van der Waals surface area contributed by atoms with E-state index in [1.165, 1.54) is 4.31 Å². The van der Waals surface area contributed by atoms with Gasteiger partial charge in [-0.1, -0.05) is 36.5 Å². The Morgan fingerprint density at radius 2 is 2.14 bits per heavy atom. The van der Waals surface area contributed by atoms with Crippen LogP contribution >= 0.6 is 12.2 Å². The van der Waals surface area contributed by atoms with Crippen molar-refractivity contribution in [2.45, 2.75) is 18.6 Å². The summed E-state index contributed by atoms with van der Waals surface area (Å²) in [5.41, 5.74) is 6.87. The summed E-state index contributed by atoms with van der Waals surface area (Å²) < 4.78 is 26.6. The number of nitrogens with two attached hydrogens (primary N) is 1. The van der Waals surface area contributed by atoms with Gasteiger partial charge in [-0.3, -0.25) is 0 Å². The van der Waals surface area contributed by atoms with Gasteiger partial charge in [0.05, 0.1) is 5.75 Å². The highest BCUT2D eigenvalue weighted by Crippen LogP contribution is 2.22. The Labute approximate surface area is 130 Å². The summed E-state index contributed by atoms with van der Waals surface area (Å²) >= 11 is 4.97. The van der Waals surface area contributed by atoms with E-state index in [0.717, 1.165) is 12.8 Å². The molecule has 0 aliphatic carbocycles. The summed E-state index contributed by atoms with van der Waals surface area (Å²) in [6.07, 6.45) is 1.65. The molecule has 5 nitrogen and oxygen atoms in total. The predicted molar refractivity (Wildman–Crippen MR) is 86.3 cm³/mol. The standard InChI is InChI=1S/C14H20N2O3S2/c15-14(20)13-6-2-1-5-12(13)10-21(18,19)16-7-3-4-11(8-16)9-17/h1-2,5-6,11,17H,3-4,7-10H2,(H2,15,20). The highest BCUT2D eigenvalue weighted by Gasteiger charge is 2.29. The number of rotatable bonds is 5. The van der Waals surface area contributed by atoms with Crippen molar-refractivity contribution in [3.63, 3.8) is 0 Å². The lowest BCUT2D eigenvalue weighted by molar-refractivity contribution is 0.165.